The summed E-state index contributed by atoms with van der Waals surface area (Å²) in [5, 5.41) is 0. The molecule has 2 nitrogen and oxygen atoms in total. The molecule has 0 aliphatic carbocycles. The average molecular weight is 286 g/mol. The Morgan fingerprint density at radius 1 is 1.44 bits per heavy atom. The van der Waals surface area contributed by atoms with E-state index in [0.717, 1.165) is 29.5 Å². The molecular weight excluding hydrogens is 266 g/mol. The fraction of sp³-hybridized carbons (Fsp3) is 0.538. The monoisotopic (exact) mass is 285 g/mol. The third-order valence-corrected chi connectivity index (χ3v) is 2.95. The van der Waals surface area contributed by atoms with E-state index in [2.05, 4.69) is 35.8 Å². The highest BCUT2D eigenvalue weighted by Gasteiger charge is 2.07. The third kappa shape index (κ3) is 4.14. The molecule has 90 valence electrons. The van der Waals surface area contributed by atoms with Gasteiger partial charge in [-0.25, -0.2) is 0 Å². The predicted octanol–water partition coefficient (Wildman–Crippen LogP) is 3.52. The summed E-state index contributed by atoms with van der Waals surface area (Å²) in [4.78, 5) is 0. The second kappa shape index (κ2) is 6.92. The van der Waals surface area contributed by atoms with E-state index in [0.29, 0.717) is 6.54 Å². The molecule has 0 aromatic heterocycles. The number of benzene rings is 1. The third-order valence-electron chi connectivity index (χ3n) is 2.46. The van der Waals surface area contributed by atoms with Gasteiger partial charge in [0.25, 0.3) is 0 Å². The fourth-order valence-corrected chi connectivity index (χ4v) is 2.10. The van der Waals surface area contributed by atoms with E-state index in [-0.39, 0.29) is 6.10 Å². The molecule has 1 atom stereocenters. The molecule has 0 aliphatic heterocycles. The number of hydrogen-bond donors (Lipinski definition) is 1. The van der Waals surface area contributed by atoms with Gasteiger partial charge in [-0.15, -0.1) is 0 Å². The number of hydrogen-bond acceptors (Lipinski definition) is 2. The summed E-state index contributed by atoms with van der Waals surface area (Å²) in [6.45, 7) is 4.93. The molecule has 16 heavy (non-hydrogen) atoms. The molecule has 1 unspecified atom stereocenters. The Morgan fingerprint density at radius 2 is 2.19 bits per heavy atom. The van der Waals surface area contributed by atoms with E-state index in [1.165, 1.54) is 5.56 Å². The van der Waals surface area contributed by atoms with Crippen molar-refractivity contribution in [2.75, 3.05) is 6.54 Å². The van der Waals surface area contributed by atoms with Gasteiger partial charge in [0.1, 0.15) is 5.75 Å². The van der Waals surface area contributed by atoms with Crippen LogP contribution in [-0.2, 0) is 6.42 Å². The van der Waals surface area contributed by atoms with Crippen LogP contribution in [-0.4, -0.2) is 12.6 Å². The van der Waals surface area contributed by atoms with Gasteiger partial charge in [0, 0.05) is 4.47 Å². The van der Waals surface area contributed by atoms with Crippen molar-refractivity contribution < 1.29 is 4.74 Å². The number of nitrogens with two attached hydrogens (primary N) is 1. The molecule has 3 heteroatoms. The zero-order valence-electron chi connectivity index (χ0n) is 10.0. The van der Waals surface area contributed by atoms with E-state index in [9.17, 15) is 0 Å². The van der Waals surface area contributed by atoms with E-state index >= 15 is 0 Å². The molecule has 0 heterocycles. The molecule has 1 aromatic carbocycles. The largest absolute Gasteiger partial charge is 0.490 e. The van der Waals surface area contributed by atoms with Gasteiger partial charge in [-0.3, -0.25) is 0 Å². The van der Waals surface area contributed by atoms with Crippen LogP contribution >= 0.6 is 15.9 Å². The summed E-state index contributed by atoms with van der Waals surface area (Å²) in [6, 6.07) is 6.11. The molecular formula is C13H20BrNO. The normalized spacial score (nSPS) is 12.5. The molecule has 0 aliphatic rings. The number of halogens is 1. The molecule has 0 spiro atoms. The maximum Gasteiger partial charge on any atom is 0.123 e. The Labute approximate surface area is 106 Å². The zero-order valence-corrected chi connectivity index (χ0v) is 11.6. The fourth-order valence-electron chi connectivity index (χ4n) is 1.70. The van der Waals surface area contributed by atoms with Crippen LogP contribution in [0.3, 0.4) is 0 Å². The van der Waals surface area contributed by atoms with E-state index in [1.54, 1.807) is 0 Å². The second-order valence-corrected chi connectivity index (χ2v) is 4.92. The molecule has 0 radical (unpaired) electrons. The zero-order chi connectivity index (χ0) is 12.0. The van der Waals surface area contributed by atoms with Gasteiger partial charge in [-0.2, -0.15) is 0 Å². The molecule has 1 aromatic rings. The van der Waals surface area contributed by atoms with E-state index in [1.807, 2.05) is 12.1 Å². The summed E-state index contributed by atoms with van der Waals surface area (Å²) >= 11 is 3.47. The summed E-state index contributed by atoms with van der Waals surface area (Å²) in [5.74, 6) is 0.967. The highest BCUT2D eigenvalue weighted by Crippen LogP contribution is 2.25. The van der Waals surface area contributed by atoms with Crippen LogP contribution in [0.2, 0.25) is 0 Å². The topological polar surface area (TPSA) is 35.2 Å². The van der Waals surface area contributed by atoms with Gasteiger partial charge in [0.2, 0.25) is 0 Å². The van der Waals surface area contributed by atoms with Crippen LogP contribution in [0.25, 0.3) is 0 Å². The molecule has 0 saturated carbocycles. The maximum atomic E-state index is 5.92. The Balaban J connectivity index is 2.77. The standard InChI is InChI=1S/C13H20BrNO/c1-3-4-10(2)16-13-6-5-12(14)9-11(13)7-8-15/h5-6,9-10H,3-4,7-8,15H2,1-2H3. The van der Waals surface area contributed by atoms with Gasteiger partial charge in [-0.05, 0) is 50.1 Å². The van der Waals surface area contributed by atoms with Gasteiger partial charge < -0.3 is 10.5 Å². The van der Waals surface area contributed by atoms with Crippen molar-refractivity contribution in [1.82, 2.24) is 0 Å². The van der Waals surface area contributed by atoms with Crippen molar-refractivity contribution in [2.24, 2.45) is 5.73 Å². The minimum atomic E-state index is 0.266. The Hall–Kier alpha value is -0.540. The van der Waals surface area contributed by atoms with Crippen molar-refractivity contribution in [1.29, 1.82) is 0 Å². The average Bonchev–Trinajstić information content (AvgIpc) is 2.23. The lowest BCUT2D eigenvalue weighted by Gasteiger charge is -2.17. The van der Waals surface area contributed by atoms with Crippen molar-refractivity contribution in [3.8, 4) is 5.75 Å². The van der Waals surface area contributed by atoms with E-state index < -0.39 is 0 Å². The highest BCUT2D eigenvalue weighted by atomic mass is 79.9. The summed E-state index contributed by atoms with van der Waals surface area (Å²) < 4.78 is 6.99. The maximum absolute atomic E-state index is 5.92. The Morgan fingerprint density at radius 3 is 2.81 bits per heavy atom. The quantitative estimate of drug-likeness (QED) is 0.868. The van der Waals surface area contributed by atoms with Crippen molar-refractivity contribution in [3.05, 3.63) is 28.2 Å². The summed E-state index contributed by atoms with van der Waals surface area (Å²) in [7, 11) is 0. The lowest BCUT2D eigenvalue weighted by Crippen LogP contribution is -2.13. The van der Waals surface area contributed by atoms with Crippen molar-refractivity contribution in [3.63, 3.8) is 0 Å². The SMILES string of the molecule is CCCC(C)Oc1ccc(Br)cc1CCN. The van der Waals surface area contributed by atoms with Crippen LogP contribution in [0.1, 0.15) is 32.3 Å². The lowest BCUT2D eigenvalue weighted by molar-refractivity contribution is 0.208. The molecule has 0 amide bonds. The van der Waals surface area contributed by atoms with Gasteiger partial charge in [0.05, 0.1) is 6.10 Å². The van der Waals surface area contributed by atoms with Crippen molar-refractivity contribution in [2.45, 2.75) is 39.2 Å². The van der Waals surface area contributed by atoms with E-state index in [4.69, 9.17) is 10.5 Å². The first-order valence-electron chi connectivity index (χ1n) is 5.82. The van der Waals surface area contributed by atoms with Crippen LogP contribution in [0.5, 0.6) is 5.75 Å². The minimum Gasteiger partial charge on any atom is -0.490 e. The first-order chi connectivity index (χ1) is 7.67. The first-order valence-corrected chi connectivity index (χ1v) is 6.61. The smallest absolute Gasteiger partial charge is 0.123 e. The summed E-state index contributed by atoms with van der Waals surface area (Å²) in [5.41, 5.74) is 6.78. The summed E-state index contributed by atoms with van der Waals surface area (Å²) in [6.07, 6.45) is 3.35. The predicted molar refractivity (Wildman–Crippen MR) is 71.9 cm³/mol. The van der Waals surface area contributed by atoms with Crippen LogP contribution in [0, 0.1) is 0 Å². The van der Waals surface area contributed by atoms with Crippen LogP contribution in [0.4, 0.5) is 0 Å². The highest BCUT2D eigenvalue weighted by molar-refractivity contribution is 9.10. The van der Waals surface area contributed by atoms with Gasteiger partial charge in [-0.1, -0.05) is 29.3 Å². The van der Waals surface area contributed by atoms with Gasteiger partial charge in [0.15, 0.2) is 0 Å². The molecule has 1 rings (SSSR count). The first kappa shape index (κ1) is 13.5. The molecule has 2 N–H and O–H groups in total. The molecule has 0 saturated heterocycles. The number of rotatable bonds is 6. The Bertz CT molecular complexity index is 328. The van der Waals surface area contributed by atoms with Crippen molar-refractivity contribution >= 4 is 15.9 Å². The van der Waals surface area contributed by atoms with Crippen LogP contribution in [0.15, 0.2) is 22.7 Å². The molecule has 0 fully saturated rings. The lowest BCUT2D eigenvalue weighted by atomic mass is 10.1. The Kier molecular flexibility index (Phi) is 5.85. The van der Waals surface area contributed by atoms with Gasteiger partial charge >= 0.3 is 0 Å². The number of ether oxygens (including phenoxy) is 1. The van der Waals surface area contributed by atoms with Crippen LogP contribution < -0.4 is 10.5 Å². The molecule has 0 bridgehead atoms. The minimum absolute atomic E-state index is 0.266. The second-order valence-electron chi connectivity index (χ2n) is 4.01.